The summed E-state index contributed by atoms with van der Waals surface area (Å²) in [5.74, 6) is -2.00. The Kier molecular flexibility index (Phi) is 5.03. The van der Waals surface area contributed by atoms with Gasteiger partial charge in [-0.15, -0.1) is 0 Å². The van der Waals surface area contributed by atoms with Crippen molar-refractivity contribution < 1.29 is 9.59 Å². The summed E-state index contributed by atoms with van der Waals surface area (Å²) in [6, 6.07) is 17.5. The summed E-state index contributed by atoms with van der Waals surface area (Å²) in [7, 11) is 0. The van der Waals surface area contributed by atoms with Crippen LogP contribution < -0.4 is 11.2 Å². The highest BCUT2D eigenvalue weighted by molar-refractivity contribution is 6.34. The van der Waals surface area contributed by atoms with Gasteiger partial charge in [-0.2, -0.15) is 5.10 Å². The lowest BCUT2D eigenvalue weighted by atomic mass is 10.0. The molecule has 112 valence electrons. The zero-order chi connectivity index (χ0) is 15.9. The van der Waals surface area contributed by atoms with Crippen LogP contribution in [0.25, 0.3) is 0 Å². The van der Waals surface area contributed by atoms with Gasteiger partial charge in [0.05, 0.1) is 5.71 Å². The molecule has 0 radical (unpaired) electrons. The van der Waals surface area contributed by atoms with Crippen LogP contribution in [0.1, 0.15) is 16.7 Å². The maximum absolute atomic E-state index is 11.3. The number of rotatable bonds is 4. The smallest absolute Gasteiger partial charge is 0.329 e. The first-order valence-electron chi connectivity index (χ1n) is 6.83. The number of primary amides is 1. The van der Waals surface area contributed by atoms with Gasteiger partial charge in [0, 0.05) is 6.42 Å². The molecule has 0 aliphatic heterocycles. The lowest BCUT2D eigenvalue weighted by Gasteiger charge is -2.08. The fraction of sp³-hybridized carbons (Fsp3) is 0.118. The van der Waals surface area contributed by atoms with Gasteiger partial charge in [0.15, 0.2) is 0 Å². The van der Waals surface area contributed by atoms with Crippen molar-refractivity contribution in [2.45, 2.75) is 13.3 Å². The molecule has 0 aliphatic rings. The summed E-state index contributed by atoms with van der Waals surface area (Å²) >= 11 is 0. The summed E-state index contributed by atoms with van der Waals surface area (Å²) in [5.41, 5.74) is 10.8. The first kappa shape index (κ1) is 15.4. The third kappa shape index (κ3) is 4.28. The molecule has 5 nitrogen and oxygen atoms in total. The topological polar surface area (TPSA) is 84.6 Å². The number of benzene rings is 2. The van der Waals surface area contributed by atoms with Gasteiger partial charge in [-0.3, -0.25) is 9.59 Å². The Morgan fingerprint density at radius 1 is 1.05 bits per heavy atom. The van der Waals surface area contributed by atoms with Crippen molar-refractivity contribution in [2.75, 3.05) is 0 Å². The average Bonchev–Trinajstić information content (AvgIpc) is 2.53. The van der Waals surface area contributed by atoms with Crippen molar-refractivity contribution in [1.82, 2.24) is 5.43 Å². The molecule has 2 aromatic rings. The standard InChI is InChI=1S/C17H17N3O2/c1-12-7-9-14(10-8-12)15(19-20-17(22)16(18)21)11-13-5-3-2-4-6-13/h2-10H,11H2,1H3,(H2,18,21)(H,20,22)/b19-15+. The van der Waals surface area contributed by atoms with Crippen molar-refractivity contribution in [3.8, 4) is 0 Å². The highest BCUT2D eigenvalue weighted by atomic mass is 16.2. The van der Waals surface area contributed by atoms with Crippen molar-refractivity contribution in [3.05, 3.63) is 71.3 Å². The zero-order valence-corrected chi connectivity index (χ0v) is 12.2. The zero-order valence-electron chi connectivity index (χ0n) is 12.2. The van der Waals surface area contributed by atoms with Crippen LogP contribution in [0.4, 0.5) is 0 Å². The molecule has 3 N–H and O–H groups in total. The van der Waals surface area contributed by atoms with Crippen molar-refractivity contribution in [1.29, 1.82) is 0 Å². The molecule has 0 atom stereocenters. The van der Waals surface area contributed by atoms with Gasteiger partial charge in [-0.05, 0) is 18.1 Å². The van der Waals surface area contributed by atoms with Crippen molar-refractivity contribution in [2.24, 2.45) is 10.8 Å². The quantitative estimate of drug-likeness (QED) is 0.509. The van der Waals surface area contributed by atoms with Crippen LogP contribution in [0, 0.1) is 6.92 Å². The number of hydrogen-bond acceptors (Lipinski definition) is 3. The molecule has 0 aromatic heterocycles. The number of hydrogen-bond donors (Lipinski definition) is 2. The van der Waals surface area contributed by atoms with E-state index in [1.807, 2.05) is 61.5 Å². The van der Waals surface area contributed by atoms with Gasteiger partial charge in [0.1, 0.15) is 0 Å². The highest BCUT2D eigenvalue weighted by Crippen LogP contribution is 2.10. The first-order valence-corrected chi connectivity index (χ1v) is 6.83. The molecular weight excluding hydrogens is 278 g/mol. The molecule has 0 spiro atoms. The highest BCUT2D eigenvalue weighted by Gasteiger charge is 2.10. The van der Waals surface area contributed by atoms with Crippen LogP contribution in [0.2, 0.25) is 0 Å². The second-order valence-corrected chi connectivity index (χ2v) is 4.89. The Labute approximate surface area is 128 Å². The van der Waals surface area contributed by atoms with Crippen LogP contribution in [0.5, 0.6) is 0 Å². The molecule has 22 heavy (non-hydrogen) atoms. The van der Waals surface area contributed by atoms with E-state index in [9.17, 15) is 9.59 Å². The van der Waals surface area contributed by atoms with Gasteiger partial charge in [0.25, 0.3) is 0 Å². The van der Waals surface area contributed by atoms with Gasteiger partial charge in [0.2, 0.25) is 0 Å². The van der Waals surface area contributed by atoms with Gasteiger partial charge in [-0.1, -0.05) is 60.2 Å². The molecule has 0 saturated carbocycles. The van der Waals surface area contributed by atoms with Crippen molar-refractivity contribution in [3.63, 3.8) is 0 Å². The second-order valence-electron chi connectivity index (χ2n) is 4.89. The van der Waals surface area contributed by atoms with E-state index in [0.29, 0.717) is 12.1 Å². The molecule has 0 unspecified atom stereocenters. The Hall–Kier alpha value is -2.95. The number of nitrogens with two attached hydrogens (primary N) is 1. The molecular formula is C17H17N3O2. The van der Waals surface area contributed by atoms with Crippen LogP contribution in [-0.2, 0) is 16.0 Å². The van der Waals surface area contributed by atoms with E-state index >= 15 is 0 Å². The minimum atomic E-state index is -1.06. The molecule has 2 amide bonds. The van der Waals surface area contributed by atoms with Gasteiger partial charge < -0.3 is 5.73 Å². The monoisotopic (exact) mass is 295 g/mol. The van der Waals surface area contributed by atoms with Gasteiger partial charge >= 0.3 is 11.8 Å². The number of nitrogens with zero attached hydrogens (tertiary/aromatic N) is 1. The van der Waals surface area contributed by atoms with E-state index in [1.54, 1.807) is 0 Å². The normalized spacial score (nSPS) is 11.0. The lowest BCUT2D eigenvalue weighted by molar-refractivity contribution is -0.137. The Balaban J connectivity index is 2.27. The number of hydrazone groups is 1. The second kappa shape index (κ2) is 7.17. The maximum Gasteiger partial charge on any atom is 0.329 e. The predicted octanol–water partition coefficient (Wildman–Crippen LogP) is 1.54. The van der Waals surface area contributed by atoms with Crippen LogP contribution in [0.3, 0.4) is 0 Å². The summed E-state index contributed by atoms with van der Waals surface area (Å²) < 4.78 is 0. The Morgan fingerprint density at radius 3 is 2.27 bits per heavy atom. The molecule has 0 saturated heterocycles. The largest absolute Gasteiger partial charge is 0.361 e. The Bertz CT molecular complexity index is 692. The van der Waals surface area contributed by atoms with E-state index in [4.69, 9.17) is 5.73 Å². The van der Waals surface area contributed by atoms with Crippen molar-refractivity contribution >= 4 is 17.5 Å². The van der Waals surface area contributed by atoms with E-state index < -0.39 is 11.8 Å². The number of aryl methyl sites for hydroxylation is 1. The molecule has 2 rings (SSSR count). The average molecular weight is 295 g/mol. The summed E-state index contributed by atoms with van der Waals surface area (Å²) in [6.45, 7) is 1.99. The molecule has 0 heterocycles. The number of amides is 2. The molecule has 0 aliphatic carbocycles. The summed E-state index contributed by atoms with van der Waals surface area (Å²) in [6.07, 6.45) is 0.531. The lowest BCUT2D eigenvalue weighted by Crippen LogP contribution is -2.33. The number of carbonyl (C=O) groups excluding carboxylic acids is 2. The van der Waals surface area contributed by atoms with Crippen LogP contribution >= 0.6 is 0 Å². The van der Waals surface area contributed by atoms with Gasteiger partial charge in [-0.25, -0.2) is 5.43 Å². The van der Waals surface area contributed by atoms with Crippen LogP contribution in [0.15, 0.2) is 59.7 Å². The van der Waals surface area contributed by atoms with Crippen LogP contribution in [-0.4, -0.2) is 17.5 Å². The maximum atomic E-state index is 11.3. The molecule has 0 fully saturated rings. The summed E-state index contributed by atoms with van der Waals surface area (Å²) in [5, 5.41) is 4.06. The SMILES string of the molecule is Cc1ccc(/C(Cc2ccccc2)=N/NC(=O)C(N)=O)cc1. The van der Waals surface area contributed by atoms with E-state index in [2.05, 4.69) is 10.5 Å². The molecule has 0 bridgehead atoms. The minimum absolute atomic E-state index is 0.531. The summed E-state index contributed by atoms with van der Waals surface area (Å²) in [4.78, 5) is 22.1. The van der Waals surface area contributed by atoms with E-state index in [1.165, 1.54) is 0 Å². The molecule has 5 heteroatoms. The van der Waals surface area contributed by atoms with E-state index in [-0.39, 0.29) is 0 Å². The third-order valence-corrected chi connectivity index (χ3v) is 3.12. The predicted molar refractivity (Wildman–Crippen MR) is 85.2 cm³/mol. The fourth-order valence-electron chi connectivity index (χ4n) is 1.91. The number of nitrogens with one attached hydrogen (secondary N) is 1. The third-order valence-electron chi connectivity index (χ3n) is 3.12. The number of carbonyl (C=O) groups is 2. The Morgan fingerprint density at radius 2 is 1.68 bits per heavy atom. The molecule has 2 aromatic carbocycles. The minimum Gasteiger partial charge on any atom is -0.361 e. The first-order chi connectivity index (χ1) is 10.6. The fourth-order valence-corrected chi connectivity index (χ4v) is 1.91. The van der Waals surface area contributed by atoms with E-state index in [0.717, 1.165) is 16.7 Å².